The smallest absolute Gasteiger partial charge is 0.259 e. The second kappa shape index (κ2) is 12.1. The molecule has 0 spiro atoms. The Labute approximate surface area is 181 Å². The fourth-order valence-corrected chi connectivity index (χ4v) is 2.58. The van der Waals surface area contributed by atoms with E-state index < -0.39 is 5.91 Å². The molecule has 2 N–H and O–H groups in total. The van der Waals surface area contributed by atoms with Gasteiger partial charge in [0.15, 0.2) is 11.5 Å². The molecule has 0 aromatic heterocycles. The Kier molecular flexibility index (Phi) is 9.15. The van der Waals surface area contributed by atoms with Gasteiger partial charge in [0.2, 0.25) is 5.75 Å². The lowest BCUT2D eigenvalue weighted by atomic mass is 10.2. The molecule has 0 bridgehead atoms. The lowest BCUT2D eigenvalue weighted by molar-refractivity contribution is -0.120. The maximum Gasteiger partial charge on any atom is 0.259 e. The van der Waals surface area contributed by atoms with Crippen LogP contribution in [0.1, 0.15) is 29.3 Å². The van der Waals surface area contributed by atoms with Crippen LogP contribution >= 0.6 is 0 Å². The maximum atomic E-state index is 12.2. The van der Waals surface area contributed by atoms with Crippen LogP contribution in [0.2, 0.25) is 0 Å². The molecule has 9 heteroatoms. The van der Waals surface area contributed by atoms with Crippen LogP contribution in [-0.2, 0) is 4.79 Å². The number of hydrazone groups is 1. The summed E-state index contributed by atoms with van der Waals surface area (Å²) in [4.78, 5) is 24.1. The van der Waals surface area contributed by atoms with Crippen LogP contribution in [0.3, 0.4) is 0 Å². The first-order valence-corrected chi connectivity index (χ1v) is 9.65. The van der Waals surface area contributed by atoms with Crippen LogP contribution in [0.25, 0.3) is 0 Å². The molecule has 0 radical (unpaired) electrons. The molecule has 2 aromatic rings. The van der Waals surface area contributed by atoms with Crippen LogP contribution in [0.5, 0.6) is 23.0 Å². The van der Waals surface area contributed by atoms with Gasteiger partial charge in [-0.15, -0.1) is 0 Å². The Balaban J connectivity index is 1.87. The van der Waals surface area contributed by atoms with Crippen molar-refractivity contribution in [1.82, 2.24) is 10.7 Å². The molecule has 0 aliphatic carbocycles. The van der Waals surface area contributed by atoms with E-state index in [1.807, 2.05) is 6.92 Å². The third-order valence-electron chi connectivity index (χ3n) is 4.09. The lowest BCUT2D eigenvalue weighted by Crippen LogP contribution is -2.34. The summed E-state index contributed by atoms with van der Waals surface area (Å²) in [5.74, 6) is 1.24. The zero-order valence-electron chi connectivity index (χ0n) is 18.1. The molecule has 9 nitrogen and oxygen atoms in total. The maximum absolute atomic E-state index is 12.2. The van der Waals surface area contributed by atoms with Crippen LogP contribution in [0, 0.1) is 0 Å². The highest BCUT2D eigenvalue weighted by Gasteiger charge is 2.12. The van der Waals surface area contributed by atoms with Crippen molar-refractivity contribution in [3.05, 3.63) is 47.5 Å². The average Bonchev–Trinajstić information content (AvgIpc) is 2.80. The van der Waals surface area contributed by atoms with Crippen LogP contribution in [0.15, 0.2) is 41.5 Å². The lowest BCUT2D eigenvalue weighted by Gasteiger charge is -2.12. The number of benzene rings is 2. The molecule has 0 fully saturated rings. The summed E-state index contributed by atoms with van der Waals surface area (Å²) in [7, 11) is 4.53. The monoisotopic (exact) mass is 429 g/mol. The molecule has 2 aromatic carbocycles. The summed E-state index contributed by atoms with van der Waals surface area (Å²) >= 11 is 0. The minimum Gasteiger partial charge on any atom is -0.494 e. The molecule has 0 aliphatic heterocycles. The summed E-state index contributed by atoms with van der Waals surface area (Å²) in [5, 5.41) is 6.43. The zero-order chi connectivity index (χ0) is 22.6. The normalized spacial score (nSPS) is 10.5. The number of carbonyl (C=O) groups excluding carboxylic acids is 2. The number of hydrogen-bond donors (Lipinski definition) is 2. The minimum absolute atomic E-state index is 0.223. The first kappa shape index (κ1) is 23.5. The van der Waals surface area contributed by atoms with Gasteiger partial charge in [-0.1, -0.05) is 6.92 Å². The Morgan fingerprint density at radius 1 is 1.00 bits per heavy atom. The molecule has 0 heterocycles. The van der Waals surface area contributed by atoms with Crippen molar-refractivity contribution < 1.29 is 28.5 Å². The quantitative estimate of drug-likeness (QED) is 0.420. The van der Waals surface area contributed by atoms with Gasteiger partial charge in [0, 0.05) is 11.1 Å². The van der Waals surface area contributed by atoms with Crippen molar-refractivity contribution in [2.24, 2.45) is 5.10 Å². The number of methoxy groups -OCH3 is 3. The van der Waals surface area contributed by atoms with Crippen LogP contribution < -0.4 is 29.7 Å². The highest BCUT2D eigenvalue weighted by atomic mass is 16.5. The molecule has 2 rings (SSSR count). The van der Waals surface area contributed by atoms with E-state index >= 15 is 0 Å². The van der Waals surface area contributed by atoms with Gasteiger partial charge in [0.05, 0.1) is 40.7 Å². The first-order chi connectivity index (χ1) is 15.0. The predicted molar refractivity (Wildman–Crippen MR) is 116 cm³/mol. The van der Waals surface area contributed by atoms with Gasteiger partial charge in [-0.2, -0.15) is 5.10 Å². The minimum atomic E-state index is -0.472. The van der Waals surface area contributed by atoms with Gasteiger partial charge in [-0.05, 0) is 42.8 Å². The highest BCUT2D eigenvalue weighted by molar-refractivity contribution is 5.96. The summed E-state index contributed by atoms with van der Waals surface area (Å²) < 4.78 is 21.3. The SMILES string of the molecule is CCCOc1ccc(C(=O)NCC(=O)N/N=C/c2cc(OC)c(OC)c(OC)c2)cc1. The molecular formula is C22H27N3O6. The van der Waals surface area contributed by atoms with Crippen LogP contribution in [-0.4, -0.2) is 52.5 Å². The standard InChI is InChI=1S/C22H27N3O6/c1-5-10-31-17-8-6-16(7-9-17)22(27)23-14-20(26)25-24-13-15-11-18(28-2)21(30-4)19(12-15)29-3/h6-9,11-13H,5,10,14H2,1-4H3,(H,23,27)(H,25,26)/b24-13+. The topological polar surface area (TPSA) is 107 Å². The molecule has 166 valence electrons. The molecule has 0 saturated carbocycles. The van der Waals surface area contributed by atoms with Gasteiger partial charge < -0.3 is 24.3 Å². The van der Waals surface area contributed by atoms with E-state index in [9.17, 15) is 9.59 Å². The van der Waals surface area contributed by atoms with Crippen molar-refractivity contribution in [3.8, 4) is 23.0 Å². The van der Waals surface area contributed by atoms with E-state index in [1.165, 1.54) is 27.5 Å². The number of nitrogens with zero attached hydrogens (tertiary/aromatic N) is 1. The fourth-order valence-electron chi connectivity index (χ4n) is 2.58. The Morgan fingerprint density at radius 2 is 1.65 bits per heavy atom. The third kappa shape index (κ3) is 6.91. The largest absolute Gasteiger partial charge is 0.494 e. The number of nitrogens with one attached hydrogen (secondary N) is 2. The van der Waals surface area contributed by atoms with Crippen molar-refractivity contribution in [1.29, 1.82) is 0 Å². The molecule has 0 unspecified atom stereocenters. The van der Waals surface area contributed by atoms with E-state index in [-0.39, 0.29) is 12.5 Å². The fraction of sp³-hybridized carbons (Fsp3) is 0.318. The van der Waals surface area contributed by atoms with E-state index in [2.05, 4.69) is 15.8 Å². The molecule has 31 heavy (non-hydrogen) atoms. The van der Waals surface area contributed by atoms with Gasteiger partial charge in [-0.3, -0.25) is 9.59 Å². The van der Waals surface area contributed by atoms with E-state index in [0.29, 0.717) is 40.7 Å². The predicted octanol–water partition coefficient (Wildman–Crippen LogP) is 2.38. The van der Waals surface area contributed by atoms with Crippen molar-refractivity contribution >= 4 is 18.0 Å². The summed E-state index contributed by atoms with van der Waals surface area (Å²) in [6.45, 7) is 2.41. The number of ether oxygens (including phenoxy) is 4. The molecule has 2 amide bonds. The number of amides is 2. The molecular weight excluding hydrogens is 402 g/mol. The summed E-state index contributed by atoms with van der Waals surface area (Å²) in [5.41, 5.74) is 3.41. The third-order valence-corrected chi connectivity index (χ3v) is 4.09. The summed E-state index contributed by atoms with van der Waals surface area (Å²) in [6, 6.07) is 10.1. The zero-order valence-corrected chi connectivity index (χ0v) is 18.1. The van der Waals surface area contributed by atoms with Crippen molar-refractivity contribution in [3.63, 3.8) is 0 Å². The average molecular weight is 429 g/mol. The number of rotatable bonds is 11. The molecule has 0 atom stereocenters. The van der Waals surface area contributed by atoms with Gasteiger partial charge in [0.1, 0.15) is 5.75 Å². The van der Waals surface area contributed by atoms with E-state index in [4.69, 9.17) is 18.9 Å². The van der Waals surface area contributed by atoms with E-state index in [1.54, 1.807) is 36.4 Å². The van der Waals surface area contributed by atoms with Crippen molar-refractivity contribution in [2.45, 2.75) is 13.3 Å². The number of hydrogen-bond acceptors (Lipinski definition) is 7. The Bertz CT molecular complexity index is 887. The summed E-state index contributed by atoms with van der Waals surface area (Å²) in [6.07, 6.45) is 2.33. The van der Waals surface area contributed by atoms with Crippen molar-refractivity contribution in [2.75, 3.05) is 34.5 Å². The van der Waals surface area contributed by atoms with Gasteiger partial charge >= 0.3 is 0 Å². The highest BCUT2D eigenvalue weighted by Crippen LogP contribution is 2.37. The van der Waals surface area contributed by atoms with Crippen LogP contribution in [0.4, 0.5) is 0 Å². The second-order valence-electron chi connectivity index (χ2n) is 6.31. The Hall–Kier alpha value is -3.75. The molecule has 0 aliphatic rings. The first-order valence-electron chi connectivity index (χ1n) is 9.65. The number of carbonyl (C=O) groups is 2. The van der Waals surface area contributed by atoms with E-state index in [0.717, 1.165) is 6.42 Å². The second-order valence-corrected chi connectivity index (χ2v) is 6.31. The Morgan fingerprint density at radius 3 is 2.19 bits per heavy atom. The van der Waals surface area contributed by atoms with Gasteiger partial charge in [-0.25, -0.2) is 5.43 Å². The van der Waals surface area contributed by atoms with Gasteiger partial charge in [0.25, 0.3) is 11.8 Å². The molecule has 0 saturated heterocycles.